The molecule has 1 atom stereocenters. The third kappa shape index (κ3) is 2.80. The summed E-state index contributed by atoms with van der Waals surface area (Å²) in [7, 11) is 1.66. The van der Waals surface area contributed by atoms with Crippen molar-refractivity contribution in [2.45, 2.75) is 37.3 Å². The second-order valence-corrected chi connectivity index (χ2v) is 6.09. The van der Waals surface area contributed by atoms with Gasteiger partial charge in [0.05, 0.1) is 32.0 Å². The molecule has 1 unspecified atom stereocenters. The molecule has 1 aliphatic heterocycles. The summed E-state index contributed by atoms with van der Waals surface area (Å²) < 4.78 is 10.7. The lowest BCUT2D eigenvalue weighted by atomic mass is 9.83. The van der Waals surface area contributed by atoms with Gasteiger partial charge >= 0.3 is 0 Å². The van der Waals surface area contributed by atoms with E-state index in [0.29, 0.717) is 0 Å². The normalized spacial score (nSPS) is 23.9. The van der Waals surface area contributed by atoms with Crippen molar-refractivity contribution in [3.05, 3.63) is 29.8 Å². The van der Waals surface area contributed by atoms with E-state index in [1.807, 2.05) is 24.3 Å². The molecule has 1 aliphatic carbocycles. The Balaban J connectivity index is 1.84. The van der Waals surface area contributed by atoms with Crippen LogP contribution in [0.1, 0.15) is 37.4 Å². The molecule has 0 spiro atoms. The lowest BCUT2D eigenvalue weighted by Gasteiger charge is -2.46. The minimum absolute atomic E-state index is 0.113. The largest absolute Gasteiger partial charge is 0.497 e. The first-order chi connectivity index (χ1) is 10.3. The summed E-state index contributed by atoms with van der Waals surface area (Å²) >= 11 is 0. The van der Waals surface area contributed by atoms with Crippen molar-refractivity contribution >= 4 is 0 Å². The quantitative estimate of drug-likeness (QED) is 0.925. The van der Waals surface area contributed by atoms with E-state index in [9.17, 15) is 5.11 Å². The molecular weight excluding hydrogens is 266 g/mol. The highest BCUT2D eigenvalue weighted by Gasteiger charge is 2.46. The molecule has 1 saturated carbocycles. The molecule has 4 heteroatoms. The Bertz CT molecular complexity index is 448. The topological polar surface area (TPSA) is 41.9 Å². The van der Waals surface area contributed by atoms with Crippen molar-refractivity contribution in [1.82, 2.24) is 4.90 Å². The number of rotatable bonds is 4. The number of hydrogen-bond donors (Lipinski definition) is 1. The highest BCUT2D eigenvalue weighted by atomic mass is 16.5. The first kappa shape index (κ1) is 14.8. The van der Waals surface area contributed by atoms with Crippen LogP contribution in [-0.4, -0.2) is 49.0 Å². The zero-order valence-corrected chi connectivity index (χ0v) is 12.8. The molecule has 116 valence electrons. The van der Waals surface area contributed by atoms with Crippen LogP contribution in [0.3, 0.4) is 0 Å². The van der Waals surface area contributed by atoms with Crippen LogP contribution in [0.25, 0.3) is 0 Å². The van der Waals surface area contributed by atoms with E-state index in [4.69, 9.17) is 9.47 Å². The molecule has 1 aromatic rings. The number of morpholine rings is 1. The van der Waals surface area contributed by atoms with Gasteiger partial charge < -0.3 is 14.6 Å². The van der Waals surface area contributed by atoms with Crippen LogP contribution >= 0.6 is 0 Å². The number of methoxy groups -OCH3 is 1. The predicted octanol–water partition coefficient (Wildman–Crippen LogP) is 2.37. The average Bonchev–Trinajstić information content (AvgIpc) is 3.06. The molecule has 1 heterocycles. The zero-order chi connectivity index (χ0) is 14.7. The first-order valence-electron chi connectivity index (χ1n) is 7.91. The van der Waals surface area contributed by atoms with E-state index in [2.05, 4.69) is 4.90 Å². The van der Waals surface area contributed by atoms with Crippen LogP contribution in [0.15, 0.2) is 24.3 Å². The number of aliphatic hydroxyl groups is 1. The fourth-order valence-electron chi connectivity index (χ4n) is 3.85. The monoisotopic (exact) mass is 291 g/mol. The minimum atomic E-state index is -0.441. The Kier molecular flexibility index (Phi) is 4.48. The van der Waals surface area contributed by atoms with Crippen LogP contribution in [0.4, 0.5) is 0 Å². The van der Waals surface area contributed by atoms with Crippen molar-refractivity contribution in [1.29, 1.82) is 0 Å². The summed E-state index contributed by atoms with van der Waals surface area (Å²) in [5, 5.41) is 11.1. The molecule has 0 amide bonds. The number of nitrogens with zero attached hydrogens (tertiary/aromatic N) is 1. The lowest BCUT2D eigenvalue weighted by Crippen LogP contribution is -2.55. The van der Waals surface area contributed by atoms with Gasteiger partial charge in [-0.3, -0.25) is 4.90 Å². The summed E-state index contributed by atoms with van der Waals surface area (Å²) in [6, 6.07) is 7.84. The maximum absolute atomic E-state index is 11.1. The Morgan fingerprint density at radius 3 is 2.33 bits per heavy atom. The zero-order valence-electron chi connectivity index (χ0n) is 12.8. The molecule has 4 nitrogen and oxygen atoms in total. The second-order valence-electron chi connectivity index (χ2n) is 6.09. The third-order valence-electron chi connectivity index (χ3n) is 5.05. The van der Waals surface area contributed by atoms with E-state index in [0.717, 1.165) is 50.5 Å². The SMILES string of the molecule is COc1ccc(C(O)C2(N3CCOCC3)CCCC2)cc1. The van der Waals surface area contributed by atoms with Crippen LogP contribution in [0.5, 0.6) is 5.75 Å². The molecule has 1 N–H and O–H groups in total. The highest BCUT2D eigenvalue weighted by Crippen LogP contribution is 2.45. The van der Waals surface area contributed by atoms with Gasteiger partial charge in [-0.05, 0) is 30.5 Å². The first-order valence-corrected chi connectivity index (χ1v) is 7.91. The van der Waals surface area contributed by atoms with Gasteiger partial charge in [0.25, 0.3) is 0 Å². The molecule has 21 heavy (non-hydrogen) atoms. The van der Waals surface area contributed by atoms with Crippen molar-refractivity contribution in [3.63, 3.8) is 0 Å². The molecular formula is C17H25NO3. The van der Waals surface area contributed by atoms with Gasteiger partial charge in [-0.15, -0.1) is 0 Å². The van der Waals surface area contributed by atoms with Crippen molar-refractivity contribution < 1.29 is 14.6 Å². The predicted molar refractivity (Wildman–Crippen MR) is 81.5 cm³/mol. The molecule has 0 aromatic heterocycles. The fraction of sp³-hybridized carbons (Fsp3) is 0.647. The number of benzene rings is 1. The van der Waals surface area contributed by atoms with Gasteiger partial charge in [-0.2, -0.15) is 0 Å². The van der Waals surface area contributed by atoms with Crippen LogP contribution in [-0.2, 0) is 4.74 Å². The van der Waals surface area contributed by atoms with Crippen LogP contribution in [0, 0.1) is 0 Å². The number of hydrogen-bond acceptors (Lipinski definition) is 4. The van der Waals surface area contributed by atoms with Gasteiger partial charge in [0.2, 0.25) is 0 Å². The maximum atomic E-state index is 11.1. The molecule has 2 aliphatic rings. The van der Waals surface area contributed by atoms with Gasteiger partial charge in [0.1, 0.15) is 5.75 Å². The Hall–Kier alpha value is -1.10. The van der Waals surface area contributed by atoms with Crippen molar-refractivity contribution in [2.24, 2.45) is 0 Å². The minimum Gasteiger partial charge on any atom is -0.497 e. The summed E-state index contributed by atoms with van der Waals surface area (Å²) in [4.78, 5) is 2.46. The summed E-state index contributed by atoms with van der Waals surface area (Å²) in [6.07, 6.45) is 4.10. The van der Waals surface area contributed by atoms with E-state index in [-0.39, 0.29) is 5.54 Å². The smallest absolute Gasteiger partial charge is 0.118 e. The van der Waals surface area contributed by atoms with E-state index in [1.54, 1.807) is 7.11 Å². The fourth-order valence-corrected chi connectivity index (χ4v) is 3.85. The highest BCUT2D eigenvalue weighted by molar-refractivity contribution is 5.30. The Morgan fingerprint density at radius 2 is 1.76 bits per heavy atom. The van der Waals surface area contributed by atoms with E-state index in [1.165, 1.54) is 12.8 Å². The molecule has 3 rings (SSSR count). The number of ether oxygens (including phenoxy) is 2. The summed E-state index contributed by atoms with van der Waals surface area (Å²) in [5.41, 5.74) is 0.877. The van der Waals surface area contributed by atoms with Gasteiger partial charge in [-0.25, -0.2) is 0 Å². The van der Waals surface area contributed by atoms with Crippen LogP contribution < -0.4 is 4.74 Å². The standard InChI is InChI=1S/C17H25NO3/c1-20-15-6-4-14(5-7-15)16(19)17(8-2-3-9-17)18-10-12-21-13-11-18/h4-7,16,19H,2-3,8-13H2,1H3. The van der Waals surface area contributed by atoms with Crippen LogP contribution in [0.2, 0.25) is 0 Å². The Morgan fingerprint density at radius 1 is 1.14 bits per heavy atom. The summed E-state index contributed by atoms with van der Waals surface area (Å²) in [5.74, 6) is 0.831. The van der Waals surface area contributed by atoms with Crippen molar-refractivity contribution in [3.8, 4) is 5.75 Å². The summed E-state index contributed by atoms with van der Waals surface area (Å²) in [6.45, 7) is 3.40. The van der Waals surface area contributed by atoms with Gasteiger partial charge in [-0.1, -0.05) is 25.0 Å². The number of aliphatic hydroxyl groups excluding tert-OH is 1. The lowest BCUT2D eigenvalue weighted by molar-refractivity contribution is -0.0774. The van der Waals surface area contributed by atoms with Gasteiger partial charge in [0, 0.05) is 13.1 Å². The van der Waals surface area contributed by atoms with Gasteiger partial charge in [0.15, 0.2) is 0 Å². The second kappa shape index (κ2) is 6.34. The van der Waals surface area contributed by atoms with E-state index >= 15 is 0 Å². The Labute approximate surface area is 126 Å². The average molecular weight is 291 g/mol. The molecule has 0 bridgehead atoms. The molecule has 1 aromatic carbocycles. The molecule has 0 radical (unpaired) electrons. The maximum Gasteiger partial charge on any atom is 0.118 e. The molecule has 1 saturated heterocycles. The molecule has 2 fully saturated rings. The van der Waals surface area contributed by atoms with Crippen molar-refractivity contribution in [2.75, 3.05) is 33.4 Å². The third-order valence-corrected chi connectivity index (χ3v) is 5.05. The van der Waals surface area contributed by atoms with E-state index < -0.39 is 6.10 Å².